The predicted molar refractivity (Wildman–Crippen MR) is 116 cm³/mol. The Morgan fingerprint density at radius 2 is 1.93 bits per heavy atom. The first kappa shape index (κ1) is 21.8. The van der Waals surface area contributed by atoms with E-state index in [0.29, 0.717) is 16.3 Å². The van der Waals surface area contributed by atoms with E-state index in [9.17, 15) is 14.4 Å². The van der Waals surface area contributed by atoms with E-state index < -0.39 is 23.9 Å². The number of nitrogens with two attached hydrogens (primary N) is 1. The zero-order chi connectivity index (χ0) is 21.7. The highest BCUT2D eigenvalue weighted by molar-refractivity contribution is 7.17. The summed E-state index contributed by atoms with van der Waals surface area (Å²) in [5.74, 6) is -1.58. The molecule has 3 N–H and O–H groups in total. The molecular formula is C22H26N2O5S. The molecule has 0 spiro atoms. The molecule has 0 fully saturated rings. The van der Waals surface area contributed by atoms with Crippen LogP contribution in [-0.4, -0.2) is 30.6 Å². The smallest absolute Gasteiger partial charge is 0.341 e. The van der Waals surface area contributed by atoms with E-state index in [2.05, 4.69) is 5.32 Å². The predicted octanol–water partition coefficient (Wildman–Crippen LogP) is 3.96. The van der Waals surface area contributed by atoms with Crippen molar-refractivity contribution in [3.8, 4) is 0 Å². The molecule has 7 nitrogen and oxygen atoms in total. The Balaban J connectivity index is 1.76. The standard InChI is InChI=1S/C22H26N2O5S/c1-3-28-22(27)18-16-10-5-4-6-11-17(16)30-20(18)24-19(25)13(2)29-21(26)14-8-7-9-15(23)12-14/h7-9,12-13H,3-6,10-11,23H2,1-2H3,(H,24,25). The second-order valence-electron chi connectivity index (χ2n) is 7.15. The maximum Gasteiger partial charge on any atom is 0.341 e. The lowest BCUT2D eigenvalue weighted by molar-refractivity contribution is -0.123. The van der Waals surface area contributed by atoms with Crippen molar-refractivity contribution in [2.24, 2.45) is 0 Å². The van der Waals surface area contributed by atoms with Crippen LogP contribution in [0.5, 0.6) is 0 Å². The number of fused-ring (bicyclic) bond motifs is 1. The number of nitrogens with one attached hydrogen (secondary N) is 1. The summed E-state index contributed by atoms with van der Waals surface area (Å²) in [5, 5.41) is 3.23. The van der Waals surface area contributed by atoms with Gasteiger partial charge < -0.3 is 20.5 Å². The molecule has 0 aliphatic heterocycles. The third-order valence-electron chi connectivity index (χ3n) is 4.91. The number of benzene rings is 1. The number of amides is 1. The summed E-state index contributed by atoms with van der Waals surface area (Å²) in [6, 6.07) is 6.35. The first-order valence-corrected chi connectivity index (χ1v) is 10.9. The van der Waals surface area contributed by atoms with E-state index in [0.717, 1.165) is 42.5 Å². The largest absolute Gasteiger partial charge is 0.462 e. The summed E-state index contributed by atoms with van der Waals surface area (Å²) in [5.41, 5.74) is 7.79. The van der Waals surface area contributed by atoms with Crippen LogP contribution in [0.3, 0.4) is 0 Å². The van der Waals surface area contributed by atoms with Crippen molar-refractivity contribution in [2.75, 3.05) is 17.7 Å². The fourth-order valence-corrected chi connectivity index (χ4v) is 4.69. The lowest BCUT2D eigenvalue weighted by Gasteiger charge is -2.14. The number of hydrogen-bond acceptors (Lipinski definition) is 7. The van der Waals surface area contributed by atoms with Crippen LogP contribution in [-0.2, 0) is 27.1 Å². The lowest BCUT2D eigenvalue weighted by Crippen LogP contribution is -2.30. The highest BCUT2D eigenvalue weighted by Crippen LogP contribution is 2.38. The summed E-state index contributed by atoms with van der Waals surface area (Å²) in [4.78, 5) is 38.7. The minimum atomic E-state index is -1.05. The Hall–Kier alpha value is -2.87. The maximum absolute atomic E-state index is 12.7. The minimum absolute atomic E-state index is 0.255. The quantitative estimate of drug-likeness (QED) is 0.408. The molecule has 30 heavy (non-hydrogen) atoms. The number of ether oxygens (including phenoxy) is 2. The lowest BCUT2D eigenvalue weighted by atomic mass is 10.1. The van der Waals surface area contributed by atoms with Crippen molar-refractivity contribution in [2.45, 2.75) is 52.1 Å². The van der Waals surface area contributed by atoms with Gasteiger partial charge in [0, 0.05) is 10.6 Å². The van der Waals surface area contributed by atoms with Crippen LogP contribution in [0.4, 0.5) is 10.7 Å². The van der Waals surface area contributed by atoms with Gasteiger partial charge in [-0.3, -0.25) is 4.79 Å². The Labute approximate surface area is 179 Å². The Kier molecular flexibility index (Phi) is 7.10. The van der Waals surface area contributed by atoms with Gasteiger partial charge in [0.1, 0.15) is 5.00 Å². The molecule has 1 aromatic heterocycles. The molecule has 3 rings (SSSR count). The molecule has 0 bridgehead atoms. The van der Waals surface area contributed by atoms with Gasteiger partial charge in [-0.05, 0) is 63.3 Å². The fraction of sp³-hybridized carbons (Fsp3) is 0.409. The zero-order valence-electron chi connectivity index (χ0n) is 17.2. The first-order chi connectivity index (χ1) is 14.4. The van der Waals surface area contributed by atoms with Crippen molar-refractivity contribution < 1.29 is 23.9 Å². The molecule has 2 aromatic rings. The summed E-state index contributed by atoms with van der Waals surface area (Å²) in [6.45, 7) is 3.49. The van der Waals surface area contributed by atoms with Crippen LogP contribution in [0.25, 0.3) is 0 Å². The highest BCUT2D eigenvalue weighted by Gasteiger charge is 2.28. The fourth-order valence-electron chi connectivity index (χ4n) is 3.41. The van der Waals surface area contributed by atoms with E-state index in [-0.39, 0.29) is 12.2 Å². The van der Waals surface area contributed by atoms with E-state index in [1.165, 1.54) is 24.3 Å². The molecule has 160 valence electrons. The molecule has 1 unspecified atom stereocenters. The number of carbonyl (C=O) groups is 3. The monoisotopic (exact) mass is 430 g/mol. The third-order valence-corrected chi connectivity index (χ3v) is 6.12. The minimum Gasteiger partial charge on any atom is -0.462 e. The van der Waals surface area contributed by atoms with Gasteiger partial charge in [-0.25, -0.2) is 9.59 Å². The molecule has 1 atom stereocenters. The number of esters is 2. The molecular weight excluding hydrogens is 404 g/mol. The second-order valence-corrected chi connectivity index (χ2v) is 8.26. The van der Waals surface area contributed by atoms with Crippen molar-refractivity contribution in [1.29, 1.82) is 0 Å². The molecule has 1 aliphatic carbocycles. The number of nitrogen functional groups attached to an aromatic ring is 1. The zero-order valence-corrected chi connectivity index (χ0v) is 18.0. The molecule has 1 heterocycles. The highest BCUT2D eigenvalue weighted by atomic mass is 32.1. The topological polar surface area (TPSA) is 108 Å². The van der Waals surface area contributed by atoms with Crippen LogP contribution in [0.2, 0.25) is 0 Å². The van der Waals surface area contributed by atoms with Crippen molar-refractivity contribution in [3.63, 3.8) is 0 Å². The van der Waals surface area contributed by atoms with Gasteiger partial charge in [-0.2, -0.15) is 0 Å². The number of aryl methyl sites for hydroxylation is 1. The number of thiophene rings is 1. The molecule has 1 aromatic carbocycles. The van der Waals surface area contributed by atoms with Crippen LogP contribution in [0.15, 0.2) is 24.3 Å². The van der Waals surface area contributed by atoms with Gasteiger partial charge in [0.25, 0.3) is 5.91 Å². The SMILES string of the molecule is CCOC(=O)c1c(NC(=O)C(C)OC(=O)c2cccc(N)c2)sc2c1CCCCC2. The molecule has 0 saturated heterocycles. The molecule has 0 saturated carbocycles. The van der Waals surface area contributed by atoms with Crippen LogP contribution in [0, 0.1) is 0 Å². The van der Waals surface area contributed by atoms with E-state index in [1.807, 2.05) is 0 Å². The van der Waals surface area contributed by atoms with Gasteiger partial charge >= 0.3 is 11.9 Å². The molecule has 1 amide bonds. The average Bonchev–Trinajstić information content (AvgIpc) is 2.88. The number of hydrogen-bond donors (Lipinski definition) is 2. The Morgan fingerprint density at radius 1 is 1.17 bits per heavy atom. The molecule has 0 radical (unpaired) electrons. The van der Waals surface area contributed by atoms with Crippen molar-refractivity contribution in [3.05, 3.63) is 45.8 Å². The van der Waals surface area contributed by atoms with Crippen LogP contribution in [0.1, 0.15) is 64.3 Å². The Morgan fingerprint density at radius 3 is 2.67 bits per heavy atom. The number of rotatable bonds is 6. The Bertz CT molecular complexity index is 953. The van der Waals surface area contributed by atoms with E-state index in [4.69, 9.17) is 15.2 Å². The summed E-state index contributed by atoms with van der Waals surface area (Å²) in [6.07, 6.45) is 3.78. The number of anilines is 2. The van der Waals surface area contributed by atoms with Gasteiger partial charge in [-0.15, -0.1) is 11.3 Å². The van der Waals surface area contributed by atoms with Crippen LogP contribution < -0.4 is 11.1 Å². The normalized spacial score (nSPS) is 14.2. The summed E-state index contributed by atoms with van der Waals surface area (Å²) >= 11 is 1.40. The van der Waals surface area contributed by atoms with E-state index in [1.54, 1.807) is 25.1 Å². The summed E-state index contributed by atoms with van der Waals surface area (Å²) in [7, 11) is 0. The molecule has 8 heteroatoms. The average molecular weight is 431 g/mol. The first-order valence-electron chi connectivity index (χ1n) is 10.1. The van der Waals surface area contributed by atoms with E-state index >= 15 is 0 Å². The van der Waals surface area contributed by atoms with Gasteiger partial charge in [0.2, 0.25) is 0 Å². The van der Waals surface area contributed by atoms with Gasteiger partial charge in [0.05, 0.1) is 17.7 Å². The summed E-state index contributed by atoms with van der Waals surface area (Å²) < 4.78 is 10.5. The van der Waals surface area contributed by atoms with Crippen molar-refractivity contribution >= 4 is 39.9 Å². The van der Waals surface area contributed by atoms with Crippen molar-refractivity contribution in [1.82, 2.24) is 0 Å². The van der Waals surface area contributed by atoms with Gasteiger partial charge in [0.15, 0.2) is 6.10 Å². The number of carbonyl (C=O) groups excluding carboxylic acids is 3. The van der Waals surface area contributed by atoms with Crippen LogP contribution >= 0.6 is 11.3 Å². The molecule has 1 aliphatic rings. The third kappa shape index (κ3) is 4.99. The second kappa shape index (κ2) is 9.75. The maximum atomic E-state index is 12.7. The van der Waals surface area contributed by atoms with Gasteiger partial charge in [-0.1, -0.05) is 12.5 Å².